The summed E-state index contributed by atoms with van der Waals surface area (Å²) in [7, 11) is 0. The molecule has 1 heteroatoms. The molecule has 0 heterocycles. The summed E-state index contributed by atoms with van der Waals surface area (Å²) in [6.45, 7) is 4.35. The molecule has 0 aromatic rings. The zero-order valence-electron chi connectivity index (χ0n) is 20.2. The van der Waals surface area contributed by atoms with Crippen LogP contribution in [-0.4, -0.2) is 11.2 Å². The van der Waals surface area contributed by atoms with Crippen LogP contribution in [0.4, 0.5) is 0 Å². The summed E-state index contributed by atoms with van der Waals surface area (Å²) in [5.74, 6) is 0. The Morgan fingerprint density at radius 1 is 0.483 bits per heavy atom. The van der Waals surface area contributed by atoms with E-state index in [0.717, 1.165) is 12.8 Å². The first kappa shape index (κ1) is 28.4. The second-order valence-corrected chi connectivity index (χ2v) is 8.90. The Bertz CT molecular complexity index is 344. The number of aliphatic hydroxyl groups excluding tert-OH is 1. The van der Waals surface area contributed by atoms with Gasteiger partial charge in [-0.1, -0.05) is 109 Å². The van der Waals surface area contributed by atoms with Gasteiger partial charge in [0.25, 0.3) is 0 Å². The van der Waals surface area contributed by atoms with Crippen molar-refractivity contribution in [2.24, 2.45) is 0 Å². The van der Waals surface area contributed by atoms with E-state index in [1.165, 1.54) is 122 Å². The maximum atomic E-state index is 9.52. The molecule has 0 fully saturated rings. The number of allylic oxidation sites excluding steroid dienone is 4. The lowest BCUT2D eigenvalue weighted by atomic mass is 10.1. The van der Waals surface area contributed by atoms with Gasteiger partial charge < -0.3 is 5.11 Å². The summed E-state index contributed by atoms with van der Waals surface area (Å²) in [6, 6.07) is 0. The smallest absolute Gasteiger partial charge is 0.0537 e. The predicted octanol–water partition coefficient (Wildman–Crippen LogP) is 9.69. The van der Waals surface area contributed by atoms with Crippen LogP contribution in [0.25, 0.3) is 0 Å². The van der Waals surface area contributed by atoms with E-state index in [9.17, 15) is 5.11 Å². The van der Waals surface area contributed by atoms with Crippen molar-refractivity contribution in [2.75, 3.05) is 0 Å². The highest BCUT2D eigenvalue weighted by atomic mass is 16.3. The minimum absolute atomic E-state index is 0.0683. The van der Waals surface area contributed by atoms with Gasteiger partial charge in [-0.05, 0) is 64.2 Å². The predicted molar refractivity (Wildman–Crippen MR) is 133 cm³/mol. The fraction of sp³-hybridized carbons (Fsp3) is 0.857. The van der Waals surface area contributed by atoms with Gasteiger partial charge in [-0.2, -0.15) is 0 Å². The van der Waals surface area contributed by atoms with Gasteiger partial charge in [-0.25, -0.2) is 0 Å². The molecule has 0 saturated carbocycles. The number of hydrogen-bond acceptors (Lipinski definition) is 1. The highest BCUT2D eigenvalue weighted by Crippen LogP contribution is 2.11. The van der Waals surface area contributed by atoms with Crippen LogP contribution in [-0.2, 0) is 0 Å². The molecular weight excluding hydrogens is 352 g/mol. The van der Waals surface area contributed by atoms with Gasteiger partial charge in [0, 0.05) is 0 Å². The monoisotopic (exact) mass is 406 g/mol. The number of aliphatic hydroxyl groups is 1. The maximum Gasteiger partial charge on any atom is 0.0537 e. The fourth-order valence-electron chi connectivity index (χ4n) is 3.77. The van der Waals surface area contributed by atoms with E-state index in [2.05, 4.69) is 38.2 Å². The average molecular weight is 407 g/mol. The van der Waals surface area contributed by atoms with Crippen molar-refractivity contribution in [3.05, 3.63) is 24.3 Å². The SMILES string of the molecule is CCCCCCCCC=CCCCCCCCC=CCCCCCCC(O)CC. The molecule has 1 unspecified atom stereocenters. The summed E-state index contributed by atoms with van der Waals surface area (Å²) in [5.41, 5.74) is 0. The van der Waals surface area contributed by atoms with E-state index in [1.54, 1.807) is 0 Å². The van der Waals surface area contributed by atoms with Crippen LogP contribution in [0.1, 0.15) is 149 Å². The summed E-state index contributed by atoms with van der Waals surface area (Å²) in [6.07, 6.45) is 37.0. The second kappa shape index (κ2) is 25.5. The van der Waals surface area contributed by atoms with Gasteiger partial charge in [-0.3, -0.25) is 0 Å². The number of rotatable bonds is 23. The van der Waals surface area contributed by atoms with Crippen LogP contribution in [0.2, 0.25) is 0 Å². The van der Waals surface area contributed by atoms with Crippen molar-refractivity contribution >= 4 is 0 Å². The lowest BCUT2D eigenvalue weighted by Crippen LogP contribution is -2.03. The minimum atomic E-state index is -0.0683. The van der Waals surface area contributed by atoms with Crippen molar-refractivity contribution in [3.8, 4) is 0 Å². The molecule has 0 aromatic heterocycles. The molecule has 0 radical (unpaired) electrons. The molecule has 1 N–H and O–H groups in total. The summed E-state index contributed by atoms with van der Waals surface area (Å²) >= 11 is 0. The van der Waals surface area contributed by atoms with Crippen LogP contribution in [0.5, 0.6) is 0 Å². The van der Waals surface area contributed by atoms with Crippen molar-refractivity contribution < 1.29 is 5.11 Å². The third-order valence-electron chi connectivity index (χ3n) is 5.93. The molecular formula is C28H54O. The zero-order valence-corrected chi connectivity index (χ0v) is 20.2. The third-order valence-corrected chi connectivity index (χ3v) is 5.93. The summed E-state index contributed by atoms with van der Waals surface area (Å²) in [4.78, 5) is 0. The van der Waals surface area contributed by atoms with Crippen LogP contribution in [0.3, 0.4) is 0 Å². The van der Waals surface area contributed by atoms with E-state index >= 15 is 0 Å². The van der Waals surface area contributed by atoms with E-state index in [-0.39, 0.29) is 6.10 Å². The topological polar surface area (TPSA) is 20.2 Å². The molecule has 172 valence electrons. The Labute approximate surface area is 184 Å². The molecule has 1 nitrogen and oxygen atoms in total. The van der Waals surface area contributed by atoms with Crippen LogP contribution in [0.15, 0.2) is 24.3 Å². The molecule has 0 saturated heterocycles. The fourth-order valence-corrected chi connectivity index (χ4v) is 3.77. The third kappa shape index (κ3) is 25.4. The minimum Gasteiger partial charge on any atom is -0.393 e. The number of unbranched alkanes of at least 4 members (excludes halogenated alkanes) is 16. The molecule has 0 aliphatic carbocycles. The van der Waals surface area contributed by atoms with Gasteiger partial charge in [0.1, 0.15) is 0 Å². The Balaban J connectivity index is 3.15. The van der Waals surface area contributed by atoms with Gasteiger partial charge in [0.2, 0.25) is 0 Å². The van der Waals surface area contributed by atoms with E-state index in [4.69, 9.17) is 0 Å². The first-order chi connectivity index (χ1) is 14.3. The second-order valence-electron chi connectivity index (χ2n) is 8.90. The van der Waals surface area contributed by atoms with Crippen molar-refractivity contribution in [1.29, 1.82) is 0 Å². The van der Waals surface area contributed by atoms with E-state index < -0.39 is 0 Å². The molecule has 0 bridgehead atoms. The lowest BCUT2D eigenvalue weighted by Gasteiger charge is -2.06. The first-order valence-corrected chi connectivity index (χ1v) is 13.3. The van der Waals surface area contributed by atoms with Crippen molar-refractivity contribution in [2.45, 2.75) is 155 Å². The zero-order chi connectivity index (χ0) is 21.3. The van der Waals surface area contributed by atoms with E-state index in [0.29, 0.717) is 0 Å². The van der Waals surface area contributed by atoms with E-state index in [1.807, 2.05) is 0 Å². The Morgan fingerprint density at radius 3 is 1.21 bits per heavy atom. The molecule has 0 spiro atoms. The normalized spacial score (nSPS) is 13.1. The van der Waals surface area contributed by atoms with Crippen molar-refractivity contribution in [3.63, 3.8) is 0 Å². The molecule has 0 aliphatic heterocycles. The standard InChI is InChI=1S/C28H54O/c1-3-5-6-7-8-9-10-11-12-13-14-15-16-17-18-19-20-21-22-23-24-25-26-27-28(29)4-2/h11-12,20-21,28-29H,3-10,13-19,22-27H2,1-2H3. The summed E-state index contributed by atoms with van der Waals surface area (Å²) in [5, 5.41) is 9.52. The highest BCUT2D eigenvalue weighted by Gasteiger charge is 1.99. The van der Waals surface area contributed by atoms with Crippen molar-refractivity contribution in [1.82, 2.24) is 0 Å². The van der Waals surface area contributed by atoms with Gasteiger partial charge in [0.15, 0.2) is 0 Å². The van der Waals surface area contributed by atoms with Crippen LogP contribution < -0.4 is 0 Å². The van der Waals surface area contributed by atoms with Gasteiger partial charge >= 0.3 is 0 Å². The summed E-state index contributed by atoms with van der Waals surface area (Å²) < 4.78 is 0. The largest absolute Gasteiger partial charge is 0.393 e. The average Bonchev–Trinajstić information content (AvgIpc) is 2.74. The van der Waals surface area contributed by atoms with Gasteiger partial charge in [0.05, 0.1) is 6.10 Å². The molecule has 0 aliphatic rings. The van der Waals surface area contributed by atoms with Gasteiger partial charge in [-0.15, -0.1) is 0 Å². The molecule has 0 aromatic carbocycles. The Hall–Kier alpha value is -0.560. The molecule has 0 rings (SSSR count). The molecule has 29 heavy (non-hydrogen) atoms. The molecule has 0 amide bonds. The number of hydrogen-bond donors (Lipinski definition) is 1. The first-order valence-electron chi connectivity index (χ1n) is 13.3. The van der Waals surface area contributed by atoms with Crippen LogP contribution in [0, 0.1) is 0 Å². The quantitative estimate of drug-likeness (QED) is 0.132. The molecule has 1 atom stereocenters. The Morgan fingerprint density at radius 2 is 0.828 bits per heavy atom. The Kier molecular flexibility index (Phi) is 25.0. The lowest BCUT2D eigenvalue weighted by molar-refractivity contribution is 0.156. The maximum absolute atomic E-state index is 9.52. The van der Waals surface area contributed by atoms with Crippen LogP contribution >= 0.6 is 0 Å². The highest BCUT2D eigenvalue weighted by molar-refractivity contribution is 4.82.